The lowest BCUT2D eigenvalue weighted by Crippen LogP contribution is -2.73. The van der Waals surface area contributed by atoms with Gasteiger partial charge in [-0.2, -0.15) is 0 Å². The van der Waals surface area contributed by atoms with Gasteiger partial charge in [-0.05, 0) is 84.0 Å². The molecule has 188 valence electrons. The van der Waals surface area contributed by atoms with Gasteiger partial charge in [0.25, 0.3) is 0 Å². The van der Waals surface area contributed by atoms with Gasteiger partial charge in [-0.3, -0.25) is 14.5 Å². The molecule has 6 fully saturated rings. The van der Waals surface area contributed by atoms with E-state index in [9.17, 15) is 9.59 Å². The monoisotopic (exact) mass is 483 g/mol. The molecule has 0 aromatic carbocycles. The number of rotatable bonds is 4. The van der Waals surface area contributed by atoms with Gasteiger partial charge < -0.3 is 4.43 Å². The molecule has 6 atom stereocenters. The van der Waals surface area contributed by atoms with E-state index in [1.54, 1.807) is 0 Å². The summed E-state index contributed by atoms with van der Waals surface area (Å²) in [6, 6.07) is 0. The Labute approximate surface area is 207 Å². The quantitative estimate of drug-likeness (QED) is 0.288. The first-order valence-electron chi connectivity index (χ1n) is 13.5. The van der Waals surface area contributed by atoms with E-state index in [0.717, 1.165) is 57.5 Å². The second-order valence-corrected chi connectivity index (χ2v) is 19.0. The number of ketones is 2. The van der Waals surface area contributed by atoms with Crippen molar-refractivity contribution in [1.82, 2.24) is 4.90 Å². The summed E-state index contributed by atoms with van der Waals surface area (Å²) in [5.41, 5.74) is 0.615. The summed E-state index contributed by atoms with van der Waals surface area (Å²) in [6.45, 7) is 26.2. The highest BCUT2D eigenvalue weighted by Crippen LogP contribution is 2.72. The number of Topliss-reactive ketones (excluding diaryl/α,β-unsaturated/α-hetero) is 2. The number of piperidine rings is 1. The lowest BCUT2D eigenvalue weighted by atomic mass is 9.34. The molecule has 4 bridgehead atoms. The molecule has 1 heterocycles. The highest BCUT2D eigenvalue weighted by atomic mass is 28.4. The van der Waals surface area contributed by atoms with Gasteiger partial charge in [0.1, 0.15) is 0 Å². The van der Waals surface area contributed by atoms with Crippen LogP contribution in [0.3, 0.4) is 0 Å². The molecule has 6 aliphatic rings. The van der Waals surface area contributed by atoms with Gasteiger partial charge in [0.05, 0.1) is 5.41 Å². The molecule has 0 N–H and O–H groups in total. The first-order valence-corrected chi connectivity index (χ1v) is 16.4. The average molecular weight is 484 g/mol. The Hall–Kier alpha value is -1.04. The van der Waals surface area contributed by atoms with Crippen LogP contribution in [0.25, 0.3) is 0 Å². The maximum Gasteiger partial charge on any atom is 0.192 e. The van der Waals surface area contributed by atoms with Crippen molar-refractivity contribution in [3.63, 3.8) is 0 Å². The standard InChI is InChI=1S/C29H45NO3Si/c1-19-21-10-13-29(24(19)31)22(16-21)28-12-9-11-27(6,23(28)20(2)25(29)32)17-30(18-28)14-15-33-34(7,8)26(3,4)5/h21-23H,1-2,9-18H2,3-8H3/t21-,22?,23?,27-,28+,29-/m0/s1. The van der Waals surface area contributed by atoms with Crippen LogP contribution in [-0.4, -0.2) is 51.0 Å². The number of nitrogens with zero attached hydrogens (tertiary/aromatic N) is 1. The Morgan fingerprint density at radius 1 is 1.06 bits per heavy atom. The number of hydrogen-bond acceptors (Lipinski definition) is 4. The average Bonchev–Trinajstić information content (AvgIpc) is 2.73. The molecule has 5 aliphatic carbocycles. The van der Waals surface area contributed by atoms with Crippen molar-refractivity contribution >= 4 is 19.9 Å². The number of carbonyl (C=O) groups excluding carboxylic acids is 2. The minimum absolute atomic E-state index is 0.0255. The molecule has 34 heavy (non-hydrogen) atoms. The summed E-state index contributed by atoms with van der Waals surface area (Å²) >= 11 is 0. The van der Waals surface area contributed by atoms with E-state index in [0.29, 0.717) is 12.0 Å². The van der Waals surface area contributed by atoms with E-state index in [-0.39, 0.29) is 45.2 Å². The predicted molar refractivity (Wildman–Crippen MR) is 139 cm³/mol. The van der Waals surface area contributed by atoms with Crippen LogP contribution in [-0.2, 0) is 14.0 Å². The predicted octanol–water partition coefficient (Wildman–Crippen LogP) is 5.80. The van der Waals surface area contributed by atoms with Crippen molar-refractivity contribution in [1.29, 1.82) is 0 Å². The van der Waals surface area contributed by atoms with E-state index < -0.39 is 13.7 Å². The third kappa shape index (κ3) is 3.08. The number of fused-ring (bicyclic) bond motifs is 2. The third-order valence-corrected chi connectivity index (χ3v) is 15.9. The Kier molecular flexibility index (Phi) is 5.43. The Bertz CT molecular complexity index is 963. The Morgan fingerprint density at radius 2 is 1.74 bits per heavy atom. The number of allylic oxidation sites excluding steroid dienone is 2. The zero-order valence-electron chi connectivity index (χ0n) is 22.4. The van der Waals surface area contributed by atoms with Gasteiger partial charge in [-0.1, -0.05) is 47.3 Å². The minimum atomic E-state index is -1.79. The number of hydrogen-bond donors (Lipinski definition) is 0. The van der Waals surface area contributed by atoms with Crippen molar-refractivity contribution in [3.8, 4) is 0 Å². The van der Waals surface area contributed by atoms with Crippen molar-refractivity contribution < 1.29 is 14.0 Å². The smallest absolute Gasteiger partial charge is 0.192 e. The number of likely N-dealkylation sites (tertiary alicyclic amines) is 1. The summed E-state index contributed by atoms with van der Waals surface area (Å²) in [5.74, 6) is 0.743. The summed E-state index contributed by atoms with van der Waals surface area (Å²) in [6.07, 6.45) is 6.03. The maximum atomic E-state index is 14.0. The van der Waals surface area contributed by atoms with Gasteiger partial charge >= 0.3 is 0 Å². The van der Waals surface area contributed by atoms with Crippen molar-refractivity contribution in [2.45, 2.75) is 84.4 Å². The Balaban J connectivity index is 1.48. The molecule has 0 amide bonds. The molecule has 2 unspecified atom stereocenters. The summed E-state index contributed by atoms with van der Waals surface area (Å²) in [5, 5.41) is 0.207. The summed E-state index contributed by atoms with van der Waals surface area (Å²) < 4.78 is 6.57. The van der Waals surface area contributed by atoms with Crippen LogP contribution < -0.4 is 0 Å². The van der Waals surface area contributed by atoms with Crippen molar-refractivity contribution in [2.75, 3.05) is 26.2 Å². The van der Waals surface area contributed by atoms with E-state index in [4.69, 9.17) is 4.43 Å². The molecule has 1 aliphatic heterocycles. The molecule has 0 radical (unpaired) electrons. The molecular weight excluding hydrogens is 438 g/mol. The summed E-state index contributed by atoms with van der Waals surface area (Å²) in [4.78, 5) is 30.3. The lowest BCUT2D eigenvalue weighted by molar-refractivity contribution is -0.197. The molecule has 0 aromatic rings. The fourth-order valence-electron chi connectivity index (χ4n) is 8.94. The van der Waals surface area contributed by atoms with Crippen LogP contribution in [0.15, 0.2) is 24.3 Å². The first kappa shape index (κ1) is 24.6. The van der Waals surface area contributed by atoms with Crippen LogP contribution in [0, 0.1) is 34.0 Å². The van der Waals surface area contributed by atoms with Gasteiger partial charge in [-0.15, -0.1) is 0 Å². The molecule has 1 saturated heterocycles. The number of carbonyl (C=O) groups is 2. The largest absolute Gasteiger partial charge is 0.416 e. The second kappa shape index (κ2) is 7.49. The summed E-state index contributed by atoms with van der Waals surface area (Å²) in [7, 11) is -1.79. The van der Waals surface area contributed by atoms with Gasteiger partial charge in [0.15, 0.2) is 19.9 Å². The van der Waals surface area contributed by atoms with Crippen LogP contribution in [0.1, 0.15) is 66.2 Å². The molecule has 0 aromatic heterocycles. The van der Waals surface area contributed by atoms with E-state index in [2.05, 4.69) is 58.8 Å². The fourth-order valence-corrected chi connectivity index (χ4v) is 9.98. The molecule has 6 rings (SSSR count). The van der Waals surface area contributed by atoms with Crippen molar-refractivity contribution in [2.24, 2.45) is 34.0 Å². The Morgan fingerprint density at radius 3 is 2.41 bits per heavy atom. The highest BCUT2D eigenvalue weighted by Gasteiger charge is 2.74. The van der Waals surface area contributed by atoms with Gasteiger partial charge in [0.2, 0.25) is 0 Å². The van der Waals surface area contributed by atoms with Crippen LogP contribution in [0.4, 0.5) is 0 Å². The topological polar surface area (TPSA) is 46.6 Å². The van der Waals surface area contributed by atoms with E-state index >= 15 is 0 Å². The minimum Gasteiger partial charge on any atom is -0.416 e. The van der Waals surface area contributed by atoms with Gasteiger partial charge in [-0.25, -0.2) is 0 Å². The van der Waals surface area contributed by atoms with Crippen LogP contribution >= 0.6 is 0 Å². The SMILES string of the molecule is C=C1C(=O)[C@@]23CC[C@@H](CC2[C@@]24CCC[C@@](C)(CN(CCO[Si](C)(C)C(C)(C)C)C2)C14)C(=C)C3=O. The van der Waals surface area contributed by atoms with E-state index in [1.807, 2.05) is 0 Å². The normalized spacial score (nSPS) is 42.6. The first-order chi connectivity index (χ1) is 15.7. The van der Waals surface area contributed by atoms with Crippen LogP contribution in [0.5, 0.6) is 0 Å². The van der Waals surface area contributed by atoms with Gasteiger partial charge in [0, 0.05) is 32.2 Å². The molecule has 4 nitrogen and oxygen atoms in total. The molecular formula is C29H45NO3Si. The zero-order chi connectivity index (χ0) is 24.9. The molecule has 5 heteroatoms. The van der Waals surface area contributed by atoms with E-state index in [1.165, 1.54) is 6.42 Å². The van der Waals surface area contributed by atoms with Crippen molar-refractivity contribution in [3.05, 3.63) is 24.3 Å². The highest BCUT2D eigenvalue weighted by molar-refractivity contribution is 6.74. The zero-order valence-corrected chi connectivity index (χ0v) is 23.4. The van der Waals surface area contributed by atoms with Crippen LogP contribution in [0.2, 0.25) is 18.1 Å². The fraction of sp³-hybridized carbons (Fsp3) is 0.793. The third-order valence-electron chi connectivity index (χ3n) is 11.4. The lowest BCUT2D eigenvalue weighted by Gasteiger charge is -2.71. The maximum absolute atomic E-state index is 14.0. The molecule has 1 spiro atoms. The molecule has 5 saturated carbocycles. The second-order valence-electron chi connectivity index (χ2n) is 14.2.